The summed E-state index contributed by atoms with van der Waals surface area (Å²) in [7, 11) is -3.88. The fraction of sp³-hybridized carbons (Fsp3) is 0.238. The van der Waals surface area contributed by atoms with Crippen LogP contribution in [-0.4, -0.2) is 41.6 Å². The monoisotopic (exact) mass is 463 g/mol. The summed E-state index contributed by atoms with van der Waals surface area (Å²) in [6, 6.07) is 11.6. The van der Waals surface area contributed by atoms with Crippen LogP contribution in [0.25, 0.3) is 5.69 Å². The van der Waals surface area contributed by atoms with Crippen molar-refractivity contribution in [2.45, 2.75) is 24.8 Å². The number of ether oxygens (including phenoxy) is 1. The topological polar surface area (TPSA) is 81.5 Å². The molecule has 2 heterocycles. The fourth-order valence-corrected chi connectivity index (χ4v) is 5.05. The van der Waals surface area contributed by atoms with Crippen molar-refractivity contribution in [1.29, 1.82) is 0 Å². The highest BCUT2D eigenvalue weighted by molar-refractivity contribution is 7.89. The van der Waals surface area contributed by atoms with E-state index in [2.05, 4.69) is 5.10 Å². The van der Waals surface area contributed by atoms with E-state index in [1.165, 1.54) is 16.4 Å². The van der Waals surface area contributed by atoms with Gasteiger partial charge in [-0.05, 0) is 55.5 Å². The molecule has 1 aliphatic heterocycles. The highest BCUT2D eigenvalue weighted by Gasteiger charge is 2.34. The number of hydrogen-bond donors (Lipinski definition) is 0. The van der Waals surface area contributed by atoms with E-state index in [9.17, 15) is 17.6 Å². The second-order valence-electron chi connectivity index (χ2n) is 6.93. The van der Waals surface area contributed by atoms with Gasteiger partial charge >= 0.3 is 5.97 Å². The highest BCUT2D eigenvalue weighted by Crippen LogP contribution is 2.30. The van der Waals surface area contributed by atoms with E-state index < -0.39 is 21.8 Å². The Morgan fingerprint density at radius 2 is 1.84 bits per heavy atom. The average molecular weight is 464 g/mol. The van der Waals surface area contributed by atoms with E-state index in [4.69, 9.17) is 16.3 Å². The maximum Gasteiger partial charge on any atom is 0.359 e. The lowest BCUT2D eigenvalue weighted by atomic mass is 10.1. The largest absolute Gasteiger partial charge is 0.461 e. The van der Waals surface area contributed by atoms with Crippen molar-refractivity contribution in [2.75, 3.05) is 13.2 Å². The molecule has 0 spiro atoms. The van der Waals surface area contributed by atoms with E-state index in [0.29, 0.717) is 22.7 Å². The summed E-state index contributed by atoms with van der Waals surface area (Å²) in [4.78, 5) is 12.5. The molecular weight excluding hydrogens is 445 g/mol. The molecule has 0 saturated carbocycles. The molecule has 2 aromatic carbocycles. The third-order valence-corrected chi connectivity index (χ3v) is 7.13. The zero-order valence-corrected chi connectivity index (χ0v) is 18.2. The van der Waals surface area contributed by atoms with Crippen LogP contribution < -0.4 is 0 Å². The number of halogens is 2. The first kappa shape index (κ1) is 21.5. The van der Waals surface area contributed by atoms with Crippen LogP contribution in [0.5, 0.6) is 0 Å². The third-order valence-electron chi connectivity index (χ3n) is 5.01. The fourth-order valence-electron chi connectivity index (χ4n) is 3.51. The van der Waals surface area contributed by atoms with E-state index in [0.717, 1.165) is 17.8 Å². The molecule has 0 saturated heterocycles. The van der Waals surface area contributed by atoms with Gasteiger partial charge in [0.2, 0.25) is 10.0 Å². The SMILES string of the molecule is CCOC(=O)c1nn(-c2ccc(Cl)cc2)c2c1CN(S(=O)(=O)c1ccc(F)cc1)CC2. The summed E-state index contributed by atoms with van der Waals surface area (Å²) in [5, 5.41) is 5.00. The van der Waals surface area contributed by atoms with Gasteiger partial charge in [0.1, 0.15) is 5.82 Å². The molecule has 0 unspecified atom stereocenters. The summed E-state index contributed by atoms with van der Waals surface area (Å²) in [5.74, 6) is -1.14. The van der Waals surface area contributed by atoms with Crippen LogP contribution in [-0.2, 0) is 27.7 Å². The van der Waals surface area contributed by atoms with Crippen LogP contribution in [0.3, 0.4) is 0 Å². The summed E-state index contributed by atoms with van der Waals surface area (Å²) in [6.45, 7) is 2.00. The standard InChI is InChI=1S/C21H19ClFN3O4S/c1-2-30-21(27)20-18-13-25(31(28,29)17-9-5-15(23)6-10-17)12-11-19(18)26(24-20)16-7-3-14(22)4-8-16/h3-10H,2,11-13H2,1H3. The summed E-state index contributed by atoms with van der Waals surface area (Å²) >= 11 is 5.98. The Balaban J connectivity index is 1.76. The van der Waals surface area contributed by atoms with Crippen molar-refractivity contribution in [2.24, 2.45) is 0 Å². The molecule has 1 aromatic heterocycles. The average Bonchev–Trinajstić information content (AvgIpc) is 3.14. The van der Waals surface area contributed by atoms with Gasteiger partial charge in [-0.25, -0.2) is 22.3 Å². The van der Waals surface area contributed by atoms with Gasteiger partial charge in [0.15, 0.2) is 5.69 Å². The number of esters is 1. The second kappa shape index (κ2) is 8.41. The molecule has 31 heavy (non-hydrogen) atoms. The first-order valence-electron chi connectivity index (χ1n) is 9.61. The van der Waals surface area contributed by atoms with Crippen LogP contribution in [0.4, 0.5) is 4.39 Å². The third kappa shape index (κ3) is 4.08. The molecule has 10 heteroatoms. The number of hydrogen-bond acceptors (Lipinski definition) is 5. The van der Waals surface area contributed by atoms with Crippen molar-refractivity contribution < 1.29 is 22.3 Å². The number of benzene rings is 2. The lowest BCUT2D eigenvalue weighted by molar-refractivity contribution is 0.0517. The van der Waals surface area contributed by atoms with E-state index in [-0.39, 0.29) is 30.3 Å². The van der Waals surface area contributed by atoms with E-state index in [1.807, 2.05) is 0 Å². The molecular formula is C21H19ClFN3O4S. The van der Waals surface area contributed by atoms with Crippen molar-refractivity contribution >= 4 is 27.6 Å². The molecule has 0 atom stereocenters. The first-order valence-corrected chi connectivity index (χ1v) is 11.4. The number of rotatable bonds is 5. The quantitative estimate of drug-likeness (QED) is 0.540. The lowest BCUT2D eigenvalue weighted by Gasteiger charge is -2.27. The molecule has 0 radical (unpaired) electrons. The van der Waals surface area contributed by atoms with Crippen molar-refractivity contribution in [3.05, 3.63) is 76.3 Å². The van der Waals surface area contributed by atoms with E-state index >= 15 is 0 Å². The molecule has 1 aliphatic rings. The molecule has 0 aliphatic carbocycles. The minimum atomic E-state index is -3.88. The normalized spacial score (nSPS) is 14.3. The number of nitrogens with zero attached hydrogens (tertiary/aromatic N) is 3. The minimum absolute atomic E-state index is 0.0138. The Hall–Kier alpha value is -2.75. The van der Waals surface area contributed by atoms with Gasteiger partial charge in [0, 0.05) is 30.1 Å². The lowest BCUT2D eigenvalue weighted by Crippen LogP contribution is -2.36. The summed E-state index contributed by atoms with van der Waals surface area (Å²) < 4.78 is 47.4. The molecule has 162 valence electrons. The summed E-state index contributed by atoms with van der Waals surface area (Å²) in [5.41, 5.74) is 2.00. The number of carbonyl (C=O) groups is 1. The number of aromatic nitrogens is 2. The Bertz CT molecular complexity index is 1220. The maximum atomic E-state index is 13.2. The van der Waals surface area contributed by atoms with Crippen LogP contribution in [0.1, 0.15) is 28.7 Å². The van der Waals surface area contributed by atoms with Crippen molar-refractivity contribution in [1.82, 2.24) is 14.1 Å². The molecule has 4 rings (SSSR count). The predicted molar refractivity (Wildman–Crippen MR) is 112 cm³/mol. The van der Waals surface area contributed by atoms with Crippen molar-refractivity contribution in [3.8, 4) is 5.69 Å². The molecule has 3 aromatic rings. The Kier molecular flexibility index (Phi) is 5.83. The minimum Gasteiger partial charge on any atom is -0.461 e. The molecule has 0 amide bonds. The van der Waals surface area contributed by atoms with E-state index in [1.54, 1.807) is 35.9 Å². The van der Waals surface area contributed by atoms with Crippen LogP contribution in [0, 0.1) is 5.82 Å². The van der Waals surface area contributed by atoms with Gasteiger partial charge in [0.25, 0.3) is 0 Å². The van der Waals surface area contributed by atoms with Crippen LogP contribution in [0.2, 0.25) is 5.02 Å². The predicted octanol–water partition coefficient (Wildman–Crippen LogP) is 3.59. The molecule has 0 fully saturated rings. The van der Waals surface area contributed by atoms with Gasteiger partial charge in [-0.15, -0.1) is 0 Å². The number of carbonyl (C=O) groups excluding carboxylic acids is 1. The first-order chi connectivity index (χ1) is 14.8. The second-order valence-corrected chi connectivity index (χ2v) is 9.30. The zero-order valence-electron chi connectivity index (χ0n) is 16.6. The Labute approximate surface area is 184 Å². The maximum absolute atomic E-state index is 13.2. The zero-order chi connectivity index (χ0) is 22.2. The number of fused-ring (bicyclic) bond motifs is 1. The van der Waals surface area contributed by atoms with Gasteiger partial charge in [0.05, 0.1) is 22.9 Å². The van der Waals surface area contributed by atoms with Crippen molar-refractivity contribution in [3.63, 3.8) is 0 Å². The molecule has 0 N–H and O–H groups in total. The summed E-state index contributed by atoms with van der Waals surface area (Å²) in [6.07, 6.45) is 0.338. The van der Waals surface area contributed by atoms with Gasteiger partial charge in [-0.2, -0.15) is 9.40 Å². The molecule has 0 bridgehead atoms. The van der Waals surface area contributed by atoms with Gasteiger partial charge < -0.3 is 4.74 Å². The van der Waals surface area contributed by atoms with Crippen LogP contribution in [0.15, 0.2) is 53.4 Å². The van der Waals surface area contributed by atoms with Crippen LogP contribution >= 0.6 is 11.6 Å². The molecule has 7 nitrogen and oxygen atoms in total. The Morgan fingerprint density at radius 3 is 2.48 bits per heavy atom. The highest BCUT2D eigenvalue weighted by atomic mass is 35.5. The Morgan fingerprint density at radius 1 is 1.16 bits per heavy atom. The number of sulfonamides is 1. The van der Waals surface area contributed by atoms with Gasteiger partial charge in [-0.3, -0.25) is 0 Å². The van der Waals surface area contributed by atoms with Gasteiger partial charge in [-0.1, -0.05) is 11.6 Å². The smallest absolute Gasteiger partial charge is 0.359 e.